The SMILES string of the molecule is CCN1CCc2c(sc3c2C(=O)N[C@H](c2ccccc2OC)N3)C1. The van der Waals surface area contributed by atoms with Crippen LogP contribution in [0, 0.1) is 0 Å². The minimum Gasteiger partial charge on any atom is -0.496 e. The normalized spacial score (nSPS) is 19.9. The van der Waals surface area contributed by atoms with Crippen molar-refractivity contribution in [1.29, 1.82) is 0 Å². The van der Waals surface area contributed by atoms with E-state index in [1.54, 1.807) is 18.4 Å². The lowest BCUT2D eigenvalue weighted by Gasteiger charge is -2.28. The number of carbonyl (C=O) groups is 1. The van der Waals surface area contributed by atoms with E-state index < -0.39 is 0 Å². The number of methoxy groups -OCH3 is 1. The lowest BCUT2D eigenvalue weighted by Crippen LogP contribution is -2.39. The summed E-state index contributed by atoms with van der Waals surface area (Å²) in [7, 11) is 1.65. The molecule has 2 aromatic rings. The predicted octanol–water partition coefficient (Wildman–Crippen LogP) is 2.99. The molecule has 1 atom stereocenters. The fraction of sp³-hybridized carbons (Fsp3) is 0.389. The standard InChI is InChI=1S/C18H21N3O2S/c1-3-21-9-8-12-14(10-21)24-18-15(12)17(22)19-16(20-18)11-6-4-5-7-13(11)23-2/h4-7,16,20H,3,8-10H2,1-2H3,(H,19,22)/t16-/m0/s1. The van der Waals surface area contributed by atoms with Crippen LogP contribution in [-0.4, -0.2) is 31.0 Å². The quantitative estimate of drug-likeness (QED) is 0.900. The van der Waals surface area contributed by atoms with Gasteiger partial charge in [0.25, 0.3) is 5.91 Å². The molecule has 2 aliphatic heterocycles. The minimum absolute atomic E-state index is 0.0158. The molecule has 0 saturated heterocycles. The summed E-state index contributed by atoms with van der Waals surface area (Å²) >= 11 is 1.72. The summed E-state index contributed by atoms with van der Waals surface area (Å²) in [6.45, 7) is 5.19. The summed E-state index contributed by atoms with van der Waals surface area (Å²) in [6, 6.07) is 7.78. The zero-order valence-corrected chi connectivity index (χ0v) is 14.7. The van der Waals surface area contributed by atoms with Crippen molar-refractivity contribution in [3.8, 4) is 5.75 Å². The number of ether oxygens (including phenoxy) is 1. The number of anilines is 1. The van der Waals surface area contributed by atoms with Crippen LogP contribution in [0.3, 0.4) is 0 Å². The molecule has 4 rings (SSSR count). The summed E-state index contributed by atoms with van der Waals surface area (Å²) in [5.41, 5.74) is 3.01. The van der Waals surface area contributed by atoms with Gasteiger partial charge in [-0.2, -0.15) is 0 Å². The number of nitrogens with one attached hydrogen (secondary N) is 2. The van der Waals surface area contributed by atoms with Crippen molar-refractivity contribution in [2.45, 2.75) is 26.1 Å². The molecule has 3 heterocycles. The maximum absolute atomic E-state index is 12.8. The van der Waals surface area contributed by atoms with Gasteiger partial charge in [0.05, 0.1) is 12.7 Å². The van der Waals surface area contributed by atoms with E-state index in [-0.39, 0.29) is 12.1 Å². The summed E-state index contributed by atoms with van der Waals surface area (Å²) < 4.78 is 5.44. The third-order valence-electron chi connectivity index (χ3n) is 4.81. The van der Waals surface area contributed by atoms with Gasteiger partial charge in [0.2, 0.25) is 0 Å². The summed E-state index contributed by atoms with van der Waals surface area (Å²) in [5.74, 6) is 0.791. The Hall–Kier alpha value is -2.05. The van der Waals surface area contributed by atoms with Crippen LogP contribution >= 0.6 is 11.3 Å². The first-order valence-electron chi connectivity index (χ1n) is 8.28. The largest absolute Gasteiger partial charge is 0.496 e. The minimum atomic E-state index is -0.261. The highest BCUT2D eigenvalue weighted by Gasteiger charge is 2.33. The Morgan fingerprint density at radius 2 is 2.17 bits per heavy atom. The molecule has 2 aliphatic rings. The Morgan fingerprint density at radius 1 is 1.33 bits per heavy atom. The van der Waals surface area contributed by atoms with Crippen LogP contribution in [0.2, 0.25) is 0 Å². The van der Waals surface area contributed by atoms with E-state index in [1.165, 1.54) is 10.4 Å². The Morgan fingerprint density at radius 3 is 2.96 bits per heavy atom. The first-order chi connectivity index (χ1) is 11.7. The highest BCUT2D eigenvalue weighted by Crippen LogP contribution is 2.41. The Bertz CT molecular complexity index is 787. The van der Waals surface area contributed by atoms with Gasteiger partial charge >= 0.3 is 0 Å². The number of para-hydroxylation sites is 1. The van der Waals surface area contributed by atoms with E-state index in [1.807, 2.05) is 24.3 Å². The fourth-order valence-corrected chi connectivity index (χ4v) is 4.81. The van der Waals surface area contributed by atoms with E-state index in [2.05, 4.69) is 22.5 Å². The average Bonchev–Trinajstić information content (AvgIpc) is 2.99. The molecule has 24 heavy (non-hydrogen) atoms. The topological polar surface area (TPSA) is 53.6 Å². The highest BCUT2D eigenvalue weighted by molar-refractivity contribution is 7.16. The molecule has 2 N–H and O–H groups in total. The monoisotopic (exact) mass is 343 g/mol. The van der Waals surface area contributed by atoms with Crippen molar-refractivity contribution in [2.75, 3.05) is 25.5 Å². The van der Waals surface area contributed by atoms with Crippen molar-refractivity contribution in [3.63, 3.8) is 0 Å². The van der Waals surface area contributed by atoms with Crippen LogP contribution in [0.1, 0.15) is 39.5 Å². The molecule has 0 bridgehead atoms. The van der Waals surface area contributed by atoms with Gasteiger partial charge in [-0.05, 0) is 24.6 Å². The maximum Gasteiger partial charge on any atom is 0.256 e. The molecule has 6 heteroatoms. The Kier molecular flexibility index (Phi) is 3.94. The number of hydrogen-bond donors (Lipinski definition) is 2. The number of hydrogen-bond acceptors (Lipinski definition) is 5. The van der Waals surface area contributed by atoms with Gasteiger partial charge in [-0.1, -0.05) is 25.1 Å². The van der Waals surface area contributed by atoms with E-state index in [9.17, 15) is 4.79 Å². The van der Waals surface area contributed by atoms with E-state index >= 15 is 0 Å². The van der Waals surface area contributed by atoms with Crippen LogP contribution in [0.5, 0.6) is 5.75 Å². The summed E-state index contributed by atoms with van der Waals surface area (Å²) in [4.78, 5) is 16.5. The van der Waals surface area contributed by atoms with Gasteiger partial charge in [0.1, 0.15) is 16.9 Å². The number of benzene rings is 1. The van der Waals surface area contributed by atoms with Gasteiger partial charge in [0.15, 0.2) is 0 Å². The van der Waals surface area contributed by atoms with Crippen molar-refractivity contribution < 1.29 is 9.53 Å². The molecule has 0 saturated carbocycles. The number of nitrogens with zero attached hydrogens (tertiary/aromatic N) is 1. The number of thiophene rings is 1. The molecular weight excluding hydrogens is 322 g/mol. The molecule has 0 spiro atoms. The molecule has 0 radical (unpaired) electrons. The number of carbonyl (C=O) groups excluding carboxylic acids is 1. The van der Waals surface area contributed by atoms with Crippen molar-refractivity contribution in [1.82, 2.24) is 10.2 Å². The number of rotatable bonds is 3. The van der Waals surface area contributed by atoms with Crippen LogP contribution in [0.15, 0.2) is 24.3 Å². The van der Waals surface area contributed by atoms with Gasteiger partial charge in [-0.25, -0.2) is 0 Å². The Labute approximate surface area is 145 Å². The van der Waals surface area contributed by atoms with Gasteiger partial charge in [-0.15, -0.1) is 11.3 Å². The zero-order chi connectivity index (χ0) is 16.7. The van der Waals surface area contributed by atoms with Crippen molar-refractivity contribution in [2.24, 2.45) is 0 Å². The van der Waals surface area contributed by atoms with Crippen LogP contribution in [-0.2, 0) is 13.0 Å². The lowest BCUT2D eigenvalue weighted by molar-refractivity contribution is 0.0934. The number of fused-ring (bicyclic) bond motifs is 3. The molecule has 1 aromatic carbocycles. The molecule has 0 unspecified atom stereocenters. The third-order valence-corrected chi connectivity index (χ3v) is 5.96. The van der Waals surface area contributed by atoms with Crippen LogP contribution in [0.4, 0.5) is 5.00 Å². The second-order valence-corrected chi connectivity index (χ2v) is 7.22. The van der Waals surface area contributed by atoms with E-state index in [0.717, 1.165) is 47.9 Å². The molecule has 0 aliphatic carbocycles. The number of likely N-dealkylation sites (N-methyl/N-ethyl adjacent to an activating group) is 1. The molecule has 0 fully saturated rings. The number of amides is 1. The van der Waals surface area contributed by atoms with E-state index in [4.69, 9.17) is 4.74 Å². The zero-order valence-electron chi connectivity index (χ0n) is 13.9. The highest BCUT2D eigenvalue weighted by atomic mass is 32.1. The van der Waals surface area contributed by atoms with Crippen LogP contribution < -0.4 is 15.4 Å². The Balaban J connectivity index is 1.69. The van der Waals surface area contributed by atoms with Gasteiger partial charge < -0.3 is 15.4 Å². The van der Waals surface area contributed by atoms with Crippen LogP contribution in [0.25, 0.3) is 0 Å². The maximum atomic E-state index is 12.8. The van der Waals surface area contributed by atoms with Gasteiger partial charge in [-0.3, -0.25) is 9.69 Å². The van der Waals surface area contributed by atoms with Crippen molar-refractivity contribution >= 4 is 22.2 Å². The average molecular weight is 343 g/mol. The second-order valence-electron chi connectivity index (χ2n) is 6.12. The molecule has 1 aromatic heterocycles. The van der Waals surface area contributed by atoms with E-state index in [0.29, 0.717) is 0 Å². The lowest BCUT2D eigenvalue weighted by atomic mass is 10.00. The first kappa shape index (κ1) is 15.5. The van der Waals surface area contributed by atoms with Gasteiger partial charge in [0, 0.05) is 23.5 Å². The first-order valence-corrected chi connectivity index (χ1v) is 9.10. The third kappa shape index (κ3) is 2.46. The fourth-order valence-electron chi connectivity index (χ4n) is 3.50. The molecule has 1 amide bonds. The smallest absolute Gasteiger partial charge is 0.256 e. The molecule has 5 nitrogen and oxygen atoms in total. The van der Waals surface area contributed by atoms with Crippen molar-refractivity contribution in [3.05, 3.63) is 45.8 Å². The molecular formula is C18H21N3O2S. The molecule has 126 valence electrons. The summed E-state index contributed by atoms with van der Waals surface area (Å²) in [5, 5.41) is 7.57. The second kappa shape index (κ2) is 6.11. The summed E-state index contributed by atoms with van der Waals surface area (Å²) in [6.07, 6.45) is 0.687. The predicted molar refractivity (Wildman–Crippen MR) is 95.8 cm³/mol.